The Kier molecular flexibility index (Phi) is 15.9. The first-order valence-corrected chi connectivity index (χ1v) is 16.9. The van der Waals surface area contributed by atoms with E-state index < -0.39 is 53.4 Å². The van der Waals surface area contributed by atoms with E-state index in [1.807, 2.05) is 6.07 Å². The highest BCUT2D eigenvalue weighted by molar-refractivity contribution is 6.36. The Morgan fingerprint density at radius 2 is 0.926 bits per heavy atom. The predicted molar refractivity (Wildman–Crippen MR) is 189 cm³/mol. The van der Waals surface area contributed by atoms with E-state index in [1.165, 1.54) is 24.3 Å². The van der Waals surface area contributed by atoms with Crippen molar-refractivity contribution in [2.75, 3.05) is 0 Å². The number of rotatable bonds is 14. The van der Waals surface area contributed by atoms with Crippen molar-refractivity contribution in [3.8, 4) is 0 Å². The molecule has 0 aliphatic carbocycles. The summed E-state index contributed by atoms with van der Waals surface area (Å²) in [5.74, 6) is -3.07. The van der Waals surface area contributed by atoms with Crippen molar-refractivity contribution in [1.82, 2.24) is 10.6 Å². The van der Waals surface area contributed by atoms with Crippen LogP contribution in [0.15, 0.2) is 97.1 Å². The molecule has 2 amide bonds. The molecule has 0 saturated heterocycles. The van der Waals surface area contributed by atoms with Crippen LogP contribution in [0.25, 0.3) is 0 Å². The Hall–Kier alpha value is -5.08. The first kappa shape index (κ1) is 43.3. The Labute approximate surface area is 316 Å². The van der Waals surface area contributed by atoms with Crippen molar-refractivity contribution in [3.05, 3.63) is 140 Å². The van der Waals surface area contributed by atoms with E-state index in [0.29, 0.717) is 26.7 Å². The van der Waals surface area contributed by atoms with Crippen LogP contribution in [0, 0.1) is 0 Å². The molecule has 0 spiro atoms. The van der Waals surface area contributed by atoms with Gasteiger partial charge in [0.2, 0.25) is 11.8 Å². The Morgan fingerprint density at radius 3 is 1.30 bits per heavy atom. The van der Waals surface area contributed by atoms with E-state index in [0.717, 1.165) is 29.8 Å². The van der Waals surface area contributed by atoms with Crippen molar-refractivity contribution in [2.45, 2.75) is 63.0 Å². The Balaban J connectivity index is 0.000000291. The number of carbonyl (C=O) groups excluding carboxylic acids is 2. The first-order chi connectivity index (χ1) is 25.3. The minimum absolute atomic E-state index is 0.0619. The van der Waals surface area contributed by atoms with E-state index in [1.54, 1.807) is 42.5 Å². The maximum atomic E-state index is 12.6. The van der Waals surface area contributed by atoms with Crippen LogP contribution in [-0.2, 0) is 57.2 Å². The summed E-state index contributed by atoms with van der Waals surface area (Å²) in [6.45, 7) is 0. The number of carbonyl (C=O) groups is 4. The maximum Gasteiger partial charge on any atom is 0.416 e. The van der Waals surface area contributed by atoms with Gasteiger partial charge >= 0.3 is 24.3 Å². The number of nitrogens with one attached hydrogen (secondary N) is 2. The molecule has 0 aliphatic heterocycles. The van der Waals surface area contributed by atoms with Crippen molar-refractivity contribution in [2.24, 2.45) is 0 Å². The first-order valence-electron chi connectivity index (χ1n) is 16.1. The van der Waals surface area contributed by atoms with E-state index in [4.69, 9.17) is 33.4 Å². The summed E-state index contributed by atoms with van der Waals surface area (Å²) < 4.78 is 75.7. The minimum atomic E-state index is -4.46. The molecule has 16 heteroatoms. The van der Waals surface area contributed by atoms with Crippen LogP contribution in [0.3, 0.4) is 0 Å². The molecule has 4 aromatic carbocycles. The van der Waals surface area contributed by atoms with Crippen LogP contribution >= 0.6 is 23.2 Å². The lowest BCUT2D eigenvalue weighted by atomic mass is 10.0. The topological polar surface area (TPSA) is 133 Å². The molecule has 4 N–H and O–H groups in total. The van der Waals surface area contributed by atoms with Crippen LogP contribution in [0.1, 0.15) is 46.2 Å². The molecule has 0 radical (unpaired) electrons. The molecule has 0 aromatic heterocycles. The van der Waals surface area contributed by atoms with Crippen LogP contribution < -0.4 is 10.6 Å². The van der Waals surface area contributed by atoms with Crippen molar-refractivity contribution < 1.29 is 55.7 Å². The normalized spacial score (nSPS) is 12.4. The van der Waals surface area contributed by atoms with Crippen LogP contribution in [0.4, 0.5) is 26.3 Å². The van der Waals surface area contributed by atoms with Gasteiger partial charge in [-0.15, -0.1) is 0 Å². The third-order valence-electron chi connectivity index (χ3n) is 7.71. The number of aliphatic carboxylic acids is 2. The molecule has 0 fully saturated rings. The van der Waals surface area contributed by atoms with E-state index in [9.17, 15) is 45.5 Å². The van der Waals surface area contributed by atoms with Crippen LogP contribution in [-0.4, -0.2) is 46.0 Å². The number of carboxylic acids is 2. The van der Waals surface area contributed by atoms with Gasteiger partial charge in [-0.3, -0.25) is 19.2 Å². The second-order valence-corrected chi connectivity index (χ2v) is 12.9. The SMILES string of the molecule is O=C(O)C[C@@H](Cc1ccc(C(F)(F)F)cc1)NC(=O)Cc1ccccc1.O=C(O)C[C@H](Cc1ccc(C(F)(F)F)cc1)NC(=O)Cc1c(Cl)cccc1Cl. The lowest BCUT2D eigenvalue weighted by Gasteiger charge is -2.18. The molecule has 54 heavy (non-hydrogen) atoms. The molecule has 288 valence electrons. The summed E-state index contributed by atoms with van der Waals surface area (Å²) >= 11 is 12.1. The van der Waals surface area contributed by atoms with Crippen molar-refractivity contribution in [1.29, 1.82) is 0 Å². The molecular weight excluding hydrogens is 765 g/mol. The van der Waals surface area contributed by atoms with E-state index in [2.05, 4.69) is 10.6 Å². The summed E-state index contributed by atoms with van der Waals surface area (Å²) in [5, 5.41) is 23.9. The van der Waals surface area contributed by atoms with Gasteiger partial charge in [0.15, 0.2) is 0 Å². The van der Waals surface area contributed by atoms with Gasteiger partial charge in [0.05, 0.1) is 36.8 Å². The van der Waals surface area contributed by atoms with Gasteiger partial charge in [0.1, 0.15) is 0 Å². The summed E-state index contributed by atoms with van der Waals surface area (Å²) in [6.07, 6.45) is -9.45. The molecule has 2 atom stereocenters. The number of hydrogen-bond acceptors (Lipinski definition) is 4. The standard InChI is InChI=1S/C19H16Cl2F3NO3.C19H18F3NO3/c20-15-2-1-3-16(21)14(15)10-17(26)25-13(9-18(27)28)8-11-4-6-12(7-5-11)19(22,23)24;20-19(21,22)15-8-6-14(7-9-15)10-16(12-18(25)26)23-17(24)11-13-4-2-1-3-5-13/h1-7,13H,8-10H2,(H,25,26)(H,27,28);1-9,16H,10-12H2,(H,23,24)(H,25,26)/t13-;16-/m01/s1. The molecular formula is C38H34Cl2F6N2O6. The number of carboxylic acid groups (broad SMARTS) is 2. The Morgan fingerprint density at radius 1 is 0.537 bits per heavy atom. The van der Waals surface area contributed by atoms with Gasteiger partial charge in [-0.25, -0.2) is 0 Å². The van der Waals surface area contributed by atoms with E-state index in [-0.39, 0.29) is 44.4 Å². The zero-order chi connectivity index (χ0) is 40.1. The predicted octanol–water partition coefficient (Wildman–Crippen LogP) is 8.21. The quantitative estimate of drug-likeness (QED) is 0.0952. The lowest BCUT2D eigenvalue weighted by Crippen LogP contribution is -2.39. The zero-order valence-electron chi connectivity index (χ0n) is 28.2. The molecule has 0 bridgehead atoms. The maximum absolute atomic E-state index is 12.6. The molecule has 0 heterocycles. The van der Waals surface area contributed by atoms with Gasteiger partial charge < -0.3 is 20.8 Å². The van der Waals surface area contributed by atoms with Crippen LogP contribution in [0.2, 0.25) is 10.0 Å². The fourth-order valence-electron chi connectivity index (χ4n) is 5.20. The highest BCUT2D eigenvalue weighted by Crippen LogP contribution is 2.30. The molecule has 0 unspecified atom stereocenters. The largest absolute Gasteiger partial charge is 0.481 e. The summed E-state index contributed by atoms with van der Waals surface area (Å²) in [5.41, 5.74) is 0.604. The smallest absolute Gasteiger partial charge is 0.416 e. The lowest BCUT2D eigenvalue weighted by molar-refractivity contribution is -0.139. The highest BCUT2D eigenvalue weighted by atomic mass is 35.5. The van der Waals surface area contributed by atoms with Crippen molar-refractivity contribution >= 4 is 47.0 Å². The summed E-state index contributed by atoms with van der Waals surface area (Å²) in [6, 6.07) is 21.1. The number of benzene rings is 4. The molecule has 0 aliphatic rings. The monoisotopic (exact) mass is 798 g/mol. The fourth-order valence-corrected chi connectivity index (χ4v) is 5.73. The Bertz CT molecular complexity index is 1850. The zero-order valence-corrected chi connectivity index (χ0v) is 29.7. The molecule has 8 nitrogen and oxygen atoms in total. The molecule has 4 rings (SSSR count). The average molecular weight is 800 g/mol. The summed E-state index contributed by atoms with van der Waals surface area (Å²) in [4.78, 5) is 46.6. The molecule has 0 saturated carbocycles. The third-order valence-corrected chi connectivity index (χ3v) is 8.41. The number of hydrogen-bond donors (Lipinski definition) is 4. The average Bonchev–Trinajstić information content (AvgIpc) is 3.06. The van der Waals surface area contributed by atoms with Gasteiger partial charge in [0.25, 0.3) is 0 Å². The van der Waals surface area contributed by atoms with E-state index >= 15 is 0 Å². The molecule has 4 aromatic rings. The fraction of sp³-hybridized carbons (Fsp3) is 0.263. The van der Waals surface area contributed by atoms with Crippen molar-refractivity contribution in [3.63, 3.8) is 0 Å². The van der Waals surface area contributed by atoms with Gasteiger partial charge in [0, 0.05) is 22.1 Å². The third kappa shape index (κ3) is 15.1. The number of amides is 2. The summed E-state index contributed by atoms with van der Waals surface area (Å²) in [7, 11) is 0. The minimum Gasteiger partial charge on any atom is -0.481 e. The number of halogens is 8. The van der Waals surface area contributed by atoms with Gasteiger partial charge in [-0.1, -0.05) is 83.9 Å². The van der Waals surface area contributed by atoms with Gasteiger partial charge in [-0.2, -0.15) is 26.3 Å². The second-order valence-electron chi connectivity index (χ2n) is 12.1. The number of alkyl halides is 6. The van der Waals surface area contributed by atoms with Gasteiger partial charge in [-0.05, 0) is 71.5 Å². The highest BCUT2D eigenvalue weighted by Gasteiger charge is 2.31. The van der Waals surface area contributed by atoms with Crippen LogP contribution in [0.5, 0.6) is 0 Å². The second kappa shape index (κ2) is 19.8.